The van der Waals surface area contributed by atoms with Crippen molar-refractivity contribution in [3.63, 3.8) is 0 Å². The van der Waals surface area contributed by atoms with Gasteiger partial charge in [-0.1, -0.05) is 19.9 Å². The third-order valence-electron chi connectivity index (χ3n) is 3.45. The van der Waals surface area contributed by atoms with Gasteiger partial charge in [0.1, 0.15) is 0 Å². The summed E-state index contributed by atoms with van der Waals surface area (Å²) < 4.78 is 10.9. The highest BCUT2D eigenvalue weighted by Gasteiger charge is 2.37. The molecule has 0 aromatic heterocycles. The first-order valence-electron chi connectivity index (χ1n) is 5.80. The second-order valence-corrected chi connectivity index (χ2v) is 5.12. The van der Waals surface area contributed by atoms with Crippen molar-refractivity contribution in [3.05, 3.63) is 35.9 Å². The summed E-state index contributed by atoms with van der Waals surface area (Å²) in [6, 6.07) is 0.367. The van der Waals surface area contributed by atoms with Crippen LogP contribution in [0.15, 0.2) is 35.9 Å². The van der Waals surface area contributed by atoms with E-state index < -0.39 is 0 Å². The van der Waals surface area contributed by atoms with Crippen LogP contribution in [0.5, 0.6) is 0 Å². The van der Waals surface area contributed by atoms with Gasteiger partial charge in [-0.3, -0.25) is 0 Å². The molecule has 1 atom stereocenters. The Balaban J connectivity index is 1.93. The number of hydrogen-bond donors (Lipinski definition) is 0. The standard InChI is InChI=1S/C13H17NO2/c1-13(2)8-11-10(15-9-16-11)7-12(13)14-5-3-4-6-14/h3,5,7-8,12H,4,6,9H2,1-2H3. The van der Waals surface area contributed by atoms with Crippen LogP contribution in [0.1, 0.15) is 20.3 Å². The smallest absolute Gasteiger partial charge is 0.231 e. The highest BCUT2D eigenvalue weighted by atomic mass is 16.7. The first kappa shape index (κ1) is 9.82. The number of fused-ring (bicyclic) bond motifs is 1. The molecule has 0 saturated carbocycles. The van der Waals surface area contributed by atoms with Gasteiger partial charge in [-0.2, -0.15) is 0 Å². The fraction of sp³-hybridized carbons (Fsp3) is 0.538. The quantitative estimate of drug-likeness (QED) is 0.676. The van der Waals surface area contributed by atoms with Gasteiger partial charge >= 0.3 is 0 Å². The molecule has 2 heterocycles. The summed E-state index contributed by atoms with van der Waals surface area (Å²) in [4.78, 5) is 2.38. The molecule has 3 aliphatic rings. The average molecular weight is 219 g/mol. The van der Waals surface area contributed by atoms with Crippen LogP contribution < -0.4 is 0 Å². The van der Waals surface area contributed by atoms with Crippen molar-refractivity contribution in [2.45, 2.75) is 26.3 Å². The lowest BCUT2D eigenvalue weighted by molar-refractivity contribution is 0.0975. The Morgan fingerprint density at radius 1 is 1.31 bits per heavy atom. The van der Waals surface area contributed by atoms with Crippen molar-refractivity contribution < 1.29 is 9.47 Å². The van der Waals surface area contributed by atoms with E-state index in [2.05, 4.69) is 43.2 Å². The summed E-state index contributed by atoms with van der Waals surface area (Å²) in [5.41, 5.74) is 0.0845. The molecule has 3 heteroatoms. The zero-order valence-corrected chi connectivity index (χ0v) is 9.77. The number of hydrogen-bond acceptors (Lipinski definition) is 3. The normalized spacial score (nSPS) is 30.4. The van der Waals surface area contributed by atoms with Crippen LogP contribution >= 0.6 is 0 Å². The maximum absolute atomic E-state index is 5.46. The number of ether oxygens (including phenoxy) is 2. The molecule has 3 nitrogen and oxygen atoms in total. The zero-order chi connectivity index (χ0) is 11.2. The lowest BCUT2D eigenvalue weighted by atomic mass is 9.79. The van der Waals surface area contributed by atoms with Gasteiger partial charge in [0, 0.05) is 12.0 Å². The third-order valence-corrected chi connectivity index (χ3v) is 3.45. The summed E-state index contributed by atoms with van der Waals surface area (Å²) in [5, 5.41) is 0. The van der Waals surface area contributed by atoms with Gasteiger partial charge < -0.3 is 14.4 Å². The molecule has 0 radical (unpaired) electrons. The largest absolute Gasteiger partial charge is 0.454 e. The molecule has 0 aromatic carbocycles. The van der Waals surface area contributed by atoms with E-state index in [1.165, 1.54) is 0 Å². The minimum absolute atomic E-state index is 0.0845. The SMILES string of the molecule is CC1(C)C=C2OCOC2=CC1N1C=CCC1. The highest BCUT2D eigenvalue weighted by Crippen LogP contribution is 2.39. The minimum atomic E-state index is 0.0845. The van der Waals surface area contributed by atoms with Crippen molar-refractivity contribution in [3.8, 4) is 0 Å². The van der Waals surface area contributed by atoms with E-state index in [9.17, 15) is 0 Å². The number of nitrogens with zero attached hydrogens (tertiary/aromatic N) is 1. The summed E-state index contributed by atoms with van der Waals surface area (Å²) in [5.74, 6) is 1.81. The van der Waals surface area contributed by atoms with Gasteiger partial charge in [0.2, 0.25) is 6.79 Å². The van der Waals surface area contributed by atoms with E-state index >= 15 is 0 Å². The van der Waals surface area contributed by atoms with Crippen molar-refractivity contribution in [2.75, 3.05) is 13.3 Å². The van der Waals surface area contributed by atoms with Crippen LogP contribution in [0.3, 0.4) is 0 Å². The van der Waals surface area contributed by atoms with Crippen LogP contribution in [-0.4, -0.2) is 24.3 Å². The van der Waals surface area contributed by atoms with Gasteiger partial charge in [-0.15, -0.1) is 0 Å². The molecule has 0 N–H and O–H groups in total. The van der Waals surface area contributed by atoms with E-state index in [4.69, 9.17) is 9.47 Å². The molecule has 0 amide bonds. The van der Waals surface area contributed by atoms with Crippen LogP contribution in [0, 0.1) is 5.41 Å². The molecule has 0 bridgehead atoms. The highest BCUT2D eigenvalue weighted by molar-refractivity contribution is 5.33. The molecule has 3 rings (SSSR count). The van der Waals surface area contributed by atoms with Crippen LogP contribution in [0.25, 0.3) is 0 Å². The Kier molecular flexibility index (Phi) is 2.03. The predicted octanol–water partition coefficient (Wildman–Crippen LogP) is 2.39. The van der Waals surface area contributed by atoms with Gasteiger partial charge in [-0.25, -0.2) is 0 Å². The summed E-state index contributed by atoms with van der Waals surface area (Å²) in [7, 11) is 0. The molecule has 1 saturated heterocycles. The van der Waals surface area contributed by atoms with Crippen molar-refractivity contribution in [1.29, 1.82) is 0 Å². The molecule has 2 aliphatic heterocycles. The summed E-state index contributed by atoms with van der Waals surface area (Å²) in [6.07, 6.45) is 9.94. The predicted molar refractivity (Wildman–Crippen MR) is 61.2 cm³/mol. The van der Waals surface area contributed by atoms with E-state index in [0.29, 0.717) is 12.8 Å². The molecular weight excluding hydrogens is 202 g/mol. The van der Waals surface area contributed by atoms with Crippen molar-refractivity contribution >= 4 is 0 Å². The van der Waals surface area contributed by atoms with Crippen LogP contribution in [-0.2, 0) is 9.47 Å². The van der Waals surface area contributed by atoms with E-state index in [-0.39, 0.29) is 5.41 Å². The molecule has 0 aromatic rings. The number of rotatable bonds is 1. The zero-order valence-electron chi connectivity index (χ0n) is 9.77. The minimum Gasteiger partial charge on any atom is -0.454 e. The van der Waals surface area contributed by atoms with Crippen LogP contribution in [0.2, 0.25) is 0 Å². The Labute approximate surface area is 96.0 Å². The van der Waals surface area contributed by atoms with Gasteiger partial charge in [0.05, 0.1) is 6.04 Å². The second kappa shape index (κ2) is 3.30. The van der Waals surface area contributed by atoms with Gasteiger partial charge in [0.25, 0.3) is 0 Å². The van der Waals surface area contributed by atoms with Gasteiger partial charge in [0.15, 0.2) is 11.5 Å². The monoisotopic (exact) mass is 219 g/mol. The molecule has 86 valence electrons. The molecule has 16 heavy (non-hydrogen) atoms. The van der Waals surface area contributed by atoms with Gasteiger partial charge in [-0.05, 0) is 24.8 Å². The Morgan fingerprint density at radius 3 is 2.88 bits per heavy atom. The van der Waals surface area contributed by atoms with E-state index in [0.717, 1.165) is 24.5 Å². The Morgan fingerprint density at radius 2 is 2.12 bits per heavy atom. The third kappa shape index (κ3) is 1.42. The second-order valence-electron chi connectivity index (χ2n) is 5.12. The summed E-state index contributed by atoms with van der Waals surface area (Å²) in [6.45, 7) is 5.94. The molecule has 1 unspecified atom stereocenters. The fourth-order valence-electron chi connectivity index (χ4n) is 2.59. The molecule has 0 spiro atoms. The maximum Gasteiger partial charge on any atom is 0.231 e. The van der Waals surface area contributed by atoms with Crippen molar-refractivity contribution in [1.82, 2.24) is 4.90 Å². The topological polar surface area (TPSA) is 21.7 Å². The van der Waals surface area contributed by atoms with E-state index in [1.54, 1.807) is 0 Å². The Bertz CT molecular complexity index is 393. The first-order valence-corrected chi connectivity index (χ1v) is 5.80. The van der Waals surface area contributed by atoms with Crippen LogP contribution in [0.4, 0.5) is 0 Å². The average Bonchev–Trinajstić information content (AvgIpc) is 2.83. The molecular formula is C13H17NO2. The lowest BCUT2D eigenvalue weighted by Gasteiger charge is -2.38. The fourth-order valence-corrected chi connectivity index (χ4v) is 2.59. The van der Waals surface area contributed by atoms with Crippen molar-refractivity contribution in [2.24, 2.45) is 5.41 Å². The summed E-state index contributed by atoms with van der Waals surface area (Å²) >= 11 is 0. The first-order chi connectivity index (χ1) is 7.67. The molecule has 1 aliphatic carbocycles. The maximum atomic E-state index is 5.46. The lowest BCUT2D eigenvalue weighted by Crippen LogP contribution is -2.41. The van der Waals surface area contributed by atoms with E-state index in [1.807, 2.05) is 0 Å². The molecule has 1 fully saturated rings. The Hall–Kier alpha value is -1.38.